The fourth-order valence-corrected chi connectivity index (χ4v) is 1.72. The number of carbonyl (C=O) groups excluding carboxylic acids is 1. The van der Waals surface area contributed by atoms with Crippen molar-refractivity contribution in [3.63, 3.8) is 0 Å². The van der Waals surface area contributed by atoms with Gasteiger partial charge in [0.15, 0.2) is 0 Å². The Morgan fingerprint density at radius 1 is 1.53 bits per heavy atom. The molecule has 1 aromatic rings. The molecule has 1 aliphatic heterocycles. The summed E-state index contributed by atoms with van der Waals surface area (Å²) in [5.41, 5.74) is 4.58. The molecular weight excluding hydrogens is 188 g/mol. The minimum absolute atomic E-state index is 0.00446. The highest BCUT2D eigenvalue weighted by molar-refractivity contribution is 5.92. The van der Waals surface area contributed by atoms with Crippen molar-refractivity contribution in [3.05, 3.63) is 29.3 Å². The predicted octanol–water partition coefficient (Wildman–Crippen LogP) is 1.97. The van der Waals surface area contributed by atoms with Crippen LogP contribution in [0.3, 0.4) is 0 Å². The van der Waals surface area contributed by atoms with Crippen LogP contribution in [0.25, 0.3) is 0 Å². The minimum Gasteiger partial charge on any atom is -0.352 e. The molecule has 0 spiro atoms. The Labute approximate surface area is 89.2 Å². The molecule has 0 fully saturated rings. The van der Waals surface area contributed by atoms with E-state index in [4.69, 9.17) is 0 Å². The maximum absolute atomic E-state index is 10.8. The lowest BCUT2D eigenvalue weighted by atomic mass is 10.1. The third kappa shape index (κ3) is 2.24. The summed E-state index contributed by atoms with van der Waals surface area (Å²) in [6.45, 7) is 4.14. The van der Waals surface area contributed by atoms with E-state index in [-0.39, 0.29) is 5.91 Å². The molecule has 0 atom stereocenters. The number of hydrogen-bond donors (Lipinski definition) is 1. The van der Waals surface area contributed by atoms with Crippen molar-refractivity contribution in [2.75, 3.05) is 0 Å². The first kappa shape index (κ1) is 9.90. The molecule has 0 aromatic heterocycles. The highest BCUT2D eigenvalue weighted by atomic mass is 16.1. The Balaban J connectivity index is 2.15. The zero-order valence-corrected chi connectivity index (χ0v) is 9.00. The average Bonchev–Trinajstić information content (AvgIpc) is 2.53. The smallest absolute Gasteiger partial charge is 0.217 e. The van der Waals surface area contributed by atoms with Gasteiger partial charge in [-0.15, -0.1) is 0 Å². The summed E-state index contributed by atoms with van der Waals surface area (Å²) in [7, 11) is 0. The van der Waals surface area contributed by atoms with E-state index in [1.54, 1.807) is 0 Å². The van der Waals surface area contributed by atoms with Crippen molar-refractivity contribution in [2.45, 2.75) is 26.8 Å². The summed E-state index contributed by atoms with van der Waals surface area (Å²) in [4.78, 5) is 15.2. The summed E-state index contributed by atoms with van der Waals surface area (Å²) < 4.78 is 0. The van der Waals surface area contributed by atoms with Crippen molar-refractivity contribution in [1.82, 2.24) is 5.32 Å². The van der Waals surface area contributed by atoms with Crippen LogP contribution >= 0.6 is 0 Å². The number of benzene rings is 1. The third-order valence-corrected chi connectivity index (χ3v) is 2.45. The molecule has 0 aliphatic carbocycles. The third-order valence-electron chi connectivity index (χ3n) is 2.45. The van der Waals surface area contributed by atoms with E-state index >= 15 is 0 Å². The molecule has 0 saturated carbocycles. The first-order valence-electron chi connectivity index (χ1n) is 5.05. The summed E-state index contributed by atoms with van der Waals surface area (Å²) in [6, 6.07) is 6.18. The number of carbonyl (C=O) groups is 1. The van der Waals surface area contributed by atoms with Gasteiger partial charge in [0, 0.05) is 25.6 Å². The fraction of sp³-hybridized carbons (Fsp3) is 0.333. The number of hydrogen-bond acceptors (Lipinski definition) is 2. The van der Waals surface area contributed by atoms with Crippen LogP contribution in [0.2, 0.25) is 0 Å². The normalized spacial score (nSPS) is 13.3. The van der Waals surface area contributed by atoms with Crippen LogP contribution in [0.1, 0.15) is 25.0 Å². The summed E-state index contributed by atoms with van der Waals surface area (Å²) in [5.74, 6) is -0.00446. The number of nitrogens with one attached hydrogen (secondary N) is 1. The Kier molecular flexibility index (Phi) is 2.54. The molecule has 1 N–H and O–H groups in total. The number of rotatable bonds is 2. The molecule has 78 valence electrons. The summed E-state index contributed by atoms with van der Waals surface area (Å²) >= 11 is 0. The van der Waals surface area contributed by atoms with Crippen LogP contribution < -0.4 is 5.32 Å². The van der Waals surface area contributed by atoms with Gasteiger partial charge >= 0.3 is 0 Å². The van der Waals surface area contributed by atoms with Gasteiger partial charge < -0.3 is 5.32 Å². The van der Waals surface area contributed by atoms with E-state index in [1.807, 2.05) is 19.1 Å². The molecule has 1 aliphatic rings. The van der Waals surface area contributed by atoms with Crippen LogP contribution in [0.5, 0.6) is 0 Å². The van der Waals surface area contributed by atoms with Gasteiger partial charge in [-0.3, -0.25) is 9.79 Å². The van der Waals surface area contributed by atoms with Gasteiger partial charge in [0.25, 0.3) is 0 Å². The second kappa shape index (κ2) is 3.85. The highest BCUT2D eigenvalue weighted by Gasteiger charge is 2.11. The van der Waals surface area contributed by atoms with E-state index < -0.39 is 0 Å². The van der Waals surface area contributed by atoms with Crippen LogP contribution in [0.4, 0.5) is 5.69 Å². The molecule has 1 amide bonds. The first-order chi connectivity index (χ1) is 7.15. The predicted molar refractivity (Wildman–Crippen MR) is 60.4 cm³/mol. The standard InChI is InChI=1S/C12H14N2O/c1-8-5-11-4-3-10(6-12(11)14-8)7-13-9(2)15/h3-4,6H,5,7H2,1-2H3,(H,13,15). The van der Waals surface area contributed by atoms with Gasteiger partial charge in [-0.1, -0.05) is 12.1 Å². The zero-order valence-electron chi connectivity index (χ0n) is 9.00. The molecule has 0 unspecified atom stereocenters. The van der Waals surface area contributed by atoms with E-state index in [2.05, 4.69) is 16.4 Å². The van der Waals surface area contributed by atoms with Crippen molar-refractivity contribution in [3.8, 4) is 0 Å². The summed E-state index contributed by atoms with van der Waals surface area (Å²) in [5, 5.41) is 2.78. The van der Waals surface area contributed by atoms with Gasteiger partial charge in [-0.25, -0.2) is 0 Å². The topological polar surface area (TPSA) is 41.5 Å². The molecule has 1 aromatic carbocycles. The molecule has 0 radical (unpaired) electrons. The molecule has 0 bridgehead atoms. The lowest BCUT2D eigenvalue weighted by Crippen LogP contribution is -2.18. The number of aliphatic imine (C=N–C) groups is 1. The first-order valence-corrected chi connectivity index (χ1v) is 5.05. The maximum atomic E-state index is 10.8. The number of amides is 1. The maximum Gasteiger partial charge on any atom is 0.217 e. The van der Waals surface area contributed by atoms with Crippen molar-refractivity contribution in [1.29, 1.82) is 0 Å². The van der Waals surface area contributed by atoms with Crippen LogP contribution in [-0.2, 0) is 17.8 Å². The quantitative estimate of drug-likeness (QED) is 0.782. The highest BCUT2D eigenvalue weighted by Crippen LogP contribution is 2.27. The van der Waals surface area contributed by atoms with Gasteiger partial charge in [0.2, 0.25) is 5.91 Å². The lowest BCUT2D eigenvalue weighted by Gasteiger charge is -2.04. The van der Waals surface area contributed by atoms with Gasteiger partial charge in [0.05, 0.1) is 5.69 Å². The molecule has 3 heteroatoms. The van der Waals surface area contributed by atoms with E-state index in [1.165, 1.54) is 12.5 Å². The number of fused-ring (bicyclic) bond motifs is 1. The van der Waals surface area contributed by atoms with Crippen LogP contribution in [0.15, 0.2) is 23.2 Å². The number of nitrogens with zero attached hydrogens (tertiary/aromatic N) is 1. The summed E-state index contributed by atoms with van der Waals surface area (Å²) in [6.07, 6.45) is 0.954. The van der Waals surface area contributed by atoms with Gasteiger partial charge in [-0.05, 0) is 24.1 Å². The molecule has 1 heterocycles. The van der Waals surface area contributed by atoms with Gasteiger partial charge in [-0.2, -0.15) is 0 Å². The Morgan fingerprint density at radius 2 is 2.33 bits per heavy atom. The van der Waals surface area contributed by atoms with Crippen molar-refractivity contribution in [2.24, 2.45) is 4.99 Å². The monoisotopic (exact) mass is 202 g/mol. The van der Waals surface area contributed by atoms with E-state index in [9.17, 15) is 4.79 Å². The zero-order chi connectivity index (χ0) is 10.8. The second-order valence-corrected chi connectivity index (χ2v) is 3.90. The van der Waals surface area contributed by atoms with Crippen LogP contribution in [0, 0.1) is 0 Å². The van der Waals surface area contributed by atoms with Crippen LogP contribution in [-0.4, -0.2) is 11.6 Å². The molecule has 0 saturated heterocycles. The largest absolute Gasteiger partial charge is 0.352 e. The Bertz CT molecular complexity index is 435. The average molecular weight is 202 g/mol. The second-order valence-electron chi connectivity index (χ2n) is 3.90. The van der Waals surface area contributed by atoms with Gasteiger partial charge in [0.1, 0.15) is 0 Å². The molecule has 3 nitrogen and oxygen atoms in total. The minimum atomic E-state index is -0.00446. The molecule has 2 rings (SSSR count). The molecular formula is C12H14N2O. The van der Waals surface area contributed by atoms with Crippen molar-refractivity contribution >= 4 is 17.3 Å². The lowest BCUT2D eigenvalue weighted by molar-refractivity contribution is -0.119. The Morgan fingerprint density at radius 3 is 3.07 bits per heavy atom. The van der Waals surface area contributed by atoms with E-state index in [0.29, 0.717) is 6.54 Å². The SMILES string of the molecule is CC(=O)NCc1ccc2c(c1)N=C(C)C2. The van der Waals surface area contributed by atoms with E-state index in [0.717, 1.165) is 23.4 Å². The van der Waals surface area contributed by atoms with Crippen molar-refractivity contribution < 1.29 is 4.79 Å². The molecule has 15 heavy (non-hydrogen) atoms. The fourth-order valence-electron chi connectivity index (χ4n) is 1.72. The Hall–Kier alpha value is -1.64.